The molecule has 0 heterocycles. The van der Waals surface area contributed by atoms with E-state index in [1.807, 2.05) is 7.05 Å². The van der Waals surface area contributed by atoms with Crippen LogP contribution in [0.2, 0.25) is 0 Å². The molecule has 0 aromatic heterocycles. The minimum atomic E-state index is 0.167. The molecule has 0 saturated carbocycles. The minimum absolute atomic E-state index is 0.167. The van der Waals surface area contributed by atoms with E-state index in [9.17, 15) is 0 Å². The highest BCUT2D eigenvalue weighted by molar-refractivity contribution is 9.10. The molecule has 0 saturated heterocycles. The molecule has 1 aromatic carbocycles. The van der Waals surface area contributed by atoms with Crippen LogP contribution in [0.1, 0.15) is 31.9 Å². The zero-order chi connectivity index (χ0) is 12.2. The van der Waals surface area contributed by atoms with Gasteiger partial charge in [0.05, 0.1) is 0 Å². The summed E-state index contributed by atoms with van der Waals surface area (Å²) in [5.41, 5.74) is 7.26. The lowest BCUT2D eigenvalue weighted by Crippen LogP contribution is -2.30. The minimum Gasteiger partial charge on any atom is -0.330 e. The number of nitrogens with one attached hydrogen (secondary N) is 1. The van der Waals surface area contributed by atoms with Crippen LogP contribution in [0.4, 0.5) is 0 Å². The van der Waals surface area contributed by atoms with Crippen LogP contribution in [-0.4, -0.2) is 13.6 Å². The number of benzene rings is 1. The normalized spacial score (nSPS) is 13.8. The van der Waals surface area contributed by atoms with Gasteiger partial charge in [0.1, 0.15) is 0 Å². The third-order valence-corrected chi connectivity index (χ3v) is 3.46. The topological polar surface area (TPSA) is 38.0 Å². The fourth-order valence-corrected chi connectivity index (χ4v) is 1.98. The second-order valence-electron chi connectivity index (χ2n) is 4.97. The maximum absolute atomic E-state index is 5.78. The molecule has 2 nitrogen and oxygen atoms in total. The average Bonchev–Trinajstić information content (AvgIpc) is 2.27. The molecule has 1 atom stereocenters. The lowest BCUT2D eigenvalue weighted by Gasteiger charge is -2.28. The summed E-state index contributed by atoms with van der Waals surface area (Å²) in [6.45, 7) is 5.12. The van der Waals surface area contributed by atoms with Gasteiger partial charge in [0, 0.05) is 10.5 Å². The Bertz CT molecular complexity index is 319. The predicted molar refractivity (Wildman–Crippen MR) is 73.4 cm³/mol. The van der Waals surface area contributed by atoms with Crippen LogP contribution in [-0.2, 0) is 0 Å². The van der Waals surface area contributed by atoms with Crippen LogP contribution in [0.5, 0.6) is 0 Å². The van der Waals surface area contributed by atoms with Gasteiger partial charge in [-0.15, -0.1) is 0 Å². The van der Waals surface area contributed by atoms with Gasteiger partial charge in [0.2, 0.25) is 0 Å². The Labute approximate surface area is 107 Å². The average molecular weight is 285 g/mol. The van der Waals surface area contributed by atoms with Gasteiger partial charge >= 0.3 is 0 Å². The standard InChI is InChI=1S/C13H21BrN2/c1-13(2,9-15)8-12(16-3)10-4-6-11(14)7-5-10/h4-7,12,16H,8-9,15H2,1-3H3. The number of rotatable bonds is 5. The van der Waals surface area contributed by atoms with Gasteiger partial charge in [-0.2, -0.15) is 0 Å². The third-order valence-electron chi connectivity index (χ3n) is 2.93. The van der Waals surface area contributed by atoms with Crippen LogP contribution >= 0.6 is 15.9 Å². The molecule has 3 N–H and O–H groups in total. The van der Waals surface area contributed by atoms with Crippen LogP contribution in [0.15, 0.2) is 28.7 Å². The van der Waals surface area contributed by atoms with Gasteiger partial charge in [-0.3, -0.25) is 0 Å². The van der Waals surface area contributed by atoms with Gasteiger partial charge in [0.15, 0.2) is 0 Å². The van der Waals surface area contributed by atoms with Gasteiger partial charge < -0.3 is 11.1 Å². The van der Waals surface area contributed by atoms with Crippen molar-refractivity contribution in [2.24, 2.45) is 11.1 Å². The summed E-state index contributed by atoms with van der Waals surface area (Å²) in [4.78, 5) is 0. The summed E-state index contributed by atoms with van der Waals surface area (Å²) >= 11 is 3.45. The van der Waals surface area contributed by atoms with E-state index in [0.29, 0.717) is 12.6 Å². The van der Waals surface area contributed by atoms with Crippen molar-refractivity contribution in [3.8, 4) is 0 Å². The van der Waals surface area contributed by atoms with E-state index < -0.39 is 0 Å². The van der Waals surface area contributed by atoms with Crippen LogP contribution < -0.4 is 11.1 Å². The molecule has 0 radical (unpaired) electrons. The zero-order valence-corrected chi connectivity index (χ0v) is 11.8. The number of hydrogen-bond donors (Lipinski definition) is 2. The van der Waals surface area contributed by atoms with Gasteiger partial charge in [-0.1, -0.05) is 41.9 Å². The van der Waals surface area contributed by atoms with Crippen molar-refractivity contribution in [1.82, 2.24) is 5.32 Å². The fraction of sp³-hybridized carbons (Fsp3) is 0.538. The number of hydrogen-bond acceptors (Lipinski definition) is 2. The SMILES string of the molecule is CNC(CC(C)(C)CN)c1ccc(Br)cc1. The van der Waals surface area contributed by atoms with Gasteiger partial charge in [-0.05, 0) is 43.1 Å². The van der Waals surface area contributed by atoms with Gasteiger partial charge in [0.25, 0.3) is 0 Å². The highest BCUT2D eigenvalue weighted by atomic mass is 79.9. The van der Waals surface area contributed by atoms with Crippen molar-refractivity contribution >= 4 is 15.9 Å². The molecule has 0 spiro atoms. The van der Waals surface area contributed by atoms with E-state index in [4.69, 9.17) is 5.73 Å². The van der Waals surface area contributed by atoms with Crippen molar-refractivity contribution < 1.29 is 0 Å². The Hall–Kier alpha value is -0.380. The summed E-state index contributed by atoms with van der Waals surface area (Å²) in [6.07, 6.45) is 1.04. The summed E-state index contributed by atoms with van der Waals surface area (Å²) in [5.74, 6) is 0. The van der Waals surface area contributed by atoms with E-state index >= 15 is 0 Å². The van der Waals surface area contributed by atoms with E-state index in [2.05, 4.69) is 59.4 Å². The monoisotopic (exact) mass is 284 g/mol. The van der Waals surface area contributed by atoms with Crippen LogP contribution in [0, 0.1) is 5.41 Å². The molecule has 0 fully saturated rings. The lowest BCUT2D eigenvalue weighted by atomic mass is 9.83. The lowest BCUT2D eigenvalue weighted by molar-refractivity contribution is 0.299. The van der Waals surface area contributed by atoms with Crippen molar-refractivity contribution in [2.45, 2.75) is 26.3 Å². The molecular formula is C13H21BrN2. The van der Waals surface area contributed by atoms with Gasteiger partial charge in [-0.25, -0.2) is 0 Å². The fourth-order valence-electron chi connectivity index (χ4n) is 1.72. The van der Waals surface area contributed by atoms with E-state index in [1.165, 1.54) is 5.56 Å². The van der Waals surface area contributed by atoms with Crippen LogP contribution in [0.25, 0.3) is 0 Å². The van der Waals surface area contributed by atoms with Crippen LogP contribution in [0.3, 0.4) is 0 Å². The number of nitrogens with two attached hydrogens (primary N) is 1. The maximum atomic E-state index is 5.78. The molecular weight excluding hydrogens is 264 g/mol. The third kappa shape index (κ3) is 3.89. The second kappa shape index (κ2) is 5.80. The molecule has 0 aliphatic heterocycles. The Morgan fingerprint density at radius 1 is 1.31 bits per heavy atom. The van der Waals surface area contributed by atoms with E-state index in [1.54, 1.807) is 0 Å². The molecule has 1 aromatic rings. The molecule has 0 aliphatic rings. The first kappa shape index (κ1) is 13.7. The first-order valence-corrected chi connectivity index (χ1v) is 6.40. The predicted octanol–water partition coefficient (Wildman–Crippen LogP) is 3.08. The molecule has 0 amide bonds. The molecule has 3 heteroatoms. The summed E-state index contributed by atoms with van der Waals surface area (Å²) in [5, 5.41) is 3.36. The molecule has 0 aliphatic carbocycles. The zero-order valence-electron chi connectivity index (χ0n) is 10.3. The summed E-state index contributed by atoms with van der Waals surface area (Å²) < 4.78 is 1.11. The first-order chi connectivity index (χ1) is 7.48. The molecule has 16 heavy (non-hydrogen) atoms. The smallest absolute Gasteiger partial charge is 0.0323 e. The molecule has 90 valence electrons. The Morgan fingerprint density at radius 2 is 1.88 bits per heavy atom. The largest absolute Gasteiger partial charge is 0.330 e. The second-order valence-corrected chi connectivity index (χ2v) is 5.88. The quantitative estimate of drug-likeness (QED) is 0.872. The number of halogens is 1. The highest BCUT2D eigenvalue weighted by Gasteiger charge is 2.21. The first-order valence-electron chi connectivity index (χ1n) is 5.61. The van der Waals surface area contributed by atoms with E-state index in [0.717, 1.165) is 10.9 Å². The molecule has 0 bridgehead atoms. The van der Waals surface area contributed by atoms with Crippen molar-refractivity contribution in [2.75, 3.05) is 13.6 Å². The highest BCUT2D eigenvalue weighted by Crippen LogP contribution is 2.29. The maximum Gasteiger partial charge on any atom is 0.0323 e. The Morgan fingerprint density at radius 3 is 2.31 bits per heavy atom. The van der Waals surface area contributed by atoms with E-state index in [-0.39, 0.29) is 5.41 Å². The van der Waals surface area contributed by atoms with Crippen molar-refractivity contribution in [3.05, 3.63) is 34.3 Å². The van der Waals surface area contributed by atoms with Crippen molar-refractivity contribution in [1.29, 1.82) is 0 Å². The molecule has 1 unspecified atom stereocenters. The summed E-state index contributed by atoms with van der Waals surface area (Å²) in [6, 6.07) is 8.83. The Kier molecular flexibility index (Phi) is 4.96. The Balaban J connectivity index is 2.78. The molecule has 1 rings (SSSR count). The van der Waals surface area contributed by atoms with Crippen molar-refractivity contribution in [3.63, 3.8) is 0 Å². The summed E-state index contributed by atoms with van der Waals surface area (Å²) in [7, 11) is 2.00.